The first-order valence-corrected chi connectivity index (χ1v) is 14.0. The lowest BCUT2D eigenvalue weighted by Gasteiger charge is -2.39. The number of hydrogen-bond donors (Lipinski definition) is 1. The van der Waals surface area contributed by atoms with Crippen LogP contribution >= 0.6 is 11.8 Å². The van der Waals surface area contributed by atoms with Crippen LogP contribution in [0, 0.1) is 37.5 Å². The number of aliphatic imine (C=N–C) groups is 1. The third-order valence-corrected chi connectivity index (χ3v) is 6.35. The number of hydrogen-bond acceptors (Lipinski definition) is 5. The van der Waals surface area contributed by atoms with Gasteiger partial charge in [-0.15, -0.1) is 24.6 Å². The molecule has 0 radical (unpaired) electrons. The van der Waals surface area contributed by atoms with Gasteiger partial charge < -0.3 is 14.7 Å². The van der Waals surface area contributed by atoms with Crippen LogP contribution in [0.2, 0.25) is 0 Å². The highest BCUT2D eigenvalue weighted by Crippen LogP contribution is 2.31. The van der Waals surface area contributed by atoms with Gasteiger partial charge >= 0.3 is 0 Å². The Labute approximate surface area is 224 Å². The van der Waals surface area contributed by atoms with Crippen LogP contribution in [-0.4, -0.2) is 47.1 Å². The number of nitrogens with zero attached hydrogens (tertiary/aromatic N) is 2. The number of allylic oxidation sites excluding steroid dienone is 2. The molecule has 0 saturated carbocycles. The van der Waals surface area contributed by atoms with E-state index in [0.717, 1.165) is 42.2 Å². The lowest BCUT2D eigenvalue weighted by atomic mass is 9.89. The minimum atomic E-state index is -0.338. The third kappa shape index (κ3) is 10.6. The Bertz CT molecular complexity index is 971. The van der Waals surface area contributed by atoms with Gasteiger partial charge in [-0.2, -0.15) is 0 Å². The molecule has 0 bridgehead atoms. The fraction of sp³-hybridized carbons (Fsp3) is 0.516. The van der Waals surface area contributed by atoms with E-state index < -0.39 is 0 Å². The molecule has 2 fully saturated rings. The predicted molar refractivity (Wildman–Crippen MR) is 157 cm³/mol. The van der Waals surface area contributed by atoms with Crippen LogP contribution in [0.4, 0.5) is 0 Å². The van der Waals surface area contributed by atoms with Crippen LogP contribution in [0.5, 0.6) is 5.75 Å². The maximum absolute atomic E-state index is 9.82. The summed E-state index contributed by atoms with van der Waals surface area (Å²) in [5, 5.41) is 10.4. The second-order valence-corrected chi connectivity index (χ2v) is 10.2. The number of terminal acetylenes is 2. The molecule has 2 heterocycles. The van der Waals surface area contributed by atoms with E-state index in [1.807, 2.05) is 25.3 Å². The lowest BCUT2D eigenvalue weighted by molar-refractivity contribution is 0.0285. The Kier molecular flexibility index (Phi) is 14.8. The van der Waals surface area contributed by atoms with Gasteiger partial charge in [-0.25, -0.2) is 4.99 Å². The van der Waals surface area contributed by atoms with Crippen molar-refractivity contribution in [1.82, 2.24) is 4.90 Å². The number of thioether (sulfide) groups is 1. The average molecular weight is 509 g/mol. The quantitative estimate of drug-likeness (QED) is 0.198. The van der Waals surface area contributed by atoms with E-state index in [4.69, 9.17) is 17.6 Å². The third-order valence-electron chi connectivity index (χ3n) is 5.75. The molecular weight excluding hydrogens is 464 g/mol. The smallest absolute Gasteiger partial charge is 0.148 e. The van der Waals surface area contributed by atoms with Gasteiger partial charge in [0.25, 0.3) is 0 Å². The van der Waals surface area contributed by atoms with Gasteiger partial charge in [-0.05, 0) is 86.1 Å². The fourth-order valence-electron chi connectivity index (χ4n) is 3.81. The van der Waals surface area contributed by atoms with Crippen molar-refractivity contribution in [2.24, 2.45) is 10.9 Å². The molecule has 0 amide bonds. The monoisotopic (exact) mass is 508 g/mol. The number of aryl methyl sites for hydroxylation is 1. The number of ether oxygens (including phenoxy) is 1. The summed E-state index contributed by atoms with van der Waals surface area (Å²) in [6.07, 6.45) is 20.8. The highest BCUT2D eigenvalue weighted by Gasteiger charge is 2.25. The molecule has 5 heteroatoms. The van der Waals surface area contributed by atoms with Crippen molar-refractivity contribution in [3.63, 3.8) is 0 Å². The van der Waals surface area contributed by atoms with Crippen LogP contribution in [0.1, 0.15) is 70.4 Å². The number of phenolic OH excluding ortho intramolecular Hbond substituents is 1. The minimum absolute atomic E-state index is 0.189. The second kappa shape index (κ2) is 17.0. The summed E-state index contributed by atoms with van der Waals surface area (Å²) in [4.78, 5) is 6.78. The largest absolute Gasteiger partial charge is 0.508 e. The van der Waals surface area contributed by atoms with Gasteiger partial charge in [0.05, 0.1) is 12.0 Å². The summed E-state index contributed by atoms with van der Waals surface area (Å²) in [6, 6.07) is 5.20. The Morgan fingerprint density at radius 1 is 1.31 bits per heavy atom. The predicted octanol–water partition coefficient (Wildman–Crippen LogP) is 7.15. The van der Waals surface area contributed by atoms with E-state index in [-0.39, 0.29) is 11.7 Å². The Balaban J connectivity index is 0.000000540. The second-order valence-electron chi connectivity index (χ2n) is 9.38. The summed E-state index contributed by atoms with van der Waals surface area (Å²) in [7, 11) is 0. The maximum Gasteiger partial charge on any atom is 0.148 e. The SMILES string of the molecule is C#C/C(=N\C(=C/C(=C)C(C#C)c1cc(O)ccc1C)N1CC(C)C1)SC.CC1CCCCO1.CCC. The Morgan fingerprint density at radius 2 is 1.97 bits per heavy atom. The topological polar surface area (TPSA) is 45.1 Å². The Hall–Kier alpha value is -2.60. The summed E-state index contributed by atoms with van der Waals surface area (Å²) in [5.74, 6) is 6.66. The van der Waals surface area contributed by atoms with Gasteiger partial charge in [-0.1, -0.05) is 45.8 Å². The molecule has 1 N–H and O–H groups in total. The molecule has 2 atom stereocenters. The minimum Gasteiger partial charge on any atom is -0.508 e. The molecular formula is C31H44N2O2S. The zero-order valence-electron chi connectivity index (χ0n) is 23.0. The van der Waals surface area contributed by atoms with Gasteiger partial charge in [0, 0.05) is 19.7 Å². The molecule has 1 aromatic carbocycles. The lowest BCUT2D eigenvalue weighted by Crippen LogP contribution is -2.44. The highest BCUT2D eigenvalue weighted by atomic mass is 32.2. The fourth-order valence-corrected chi connectivity index (χ4v) is 4.11. The summed E-state index contributed by atoms with van der Waals surface area (Å²) in [5.41, 5.74) is 2.63. The van der Waals surface area contributed by atoms with Crippen LogP contribution in [0.25, 0.3) is 0 Å². The number of benzene rings is 1. The van der Waals surface area contributed by atoms with Crippen LogP contribution in [0.15, 0.2) is 47.2 Å². The van der Waals surface area contributed by atoms with Crippen molar-refractivity contribution < 1.29 is 9.84 Å². The molecule has 2 aliphatic rings. The molecule has 0 aliphatic carbocycles. The summed E-state index contributed by atoms with van der Waals surface area (Å²) >= 11 is 1.44. The van der Waals surface area contributed by atoms with Gasteiger partial charge in [0.15, 0.2) is 0 Å². The first kappa shape index (κ1) is 31.4. The molecule has 3 rings (SSSR count). The first-order valence-electron chi connectivity index (χ1n) is 12.8. The van der Waals surface area contributed by atoms with Crippen LogP contribution in [-0.2, 0) is 4.74 Å². The molecule has 4 nitrogen and oxygen atoms in total. The van der Waals surface area contributed by atoms with Crippen molar-refractivity contribution in [2.45, 2.75) is 72.3 Å². The molecule has 2 unspecified atom stereocenters. The molecule has 0 spiro atoms. The number of aromatic hydroxyl groups is 1. The molecule has 0 aromatic heterocycles. The molecule has 196 valence electrons. The van der Waals surface area contributed by atoms with Crippen LogP contribution < -0.4 is 0 Å². The van der Waals surface area contributed by atoms with E-state index >= 15 is 0 Å². The zero-order valence-corrected chi connectivity index (χ0v) is 23.8. The van der Waals surface area contributed by atoms with Crippen molar-refractivity contribution in [3.05, 3.63) is 53.4 Å². The molecule has 1 aromatic rings. The highest BCUT2D eigenvalue weighted by molar-refractivity contribution is 8.13. The standard InChI is InChI=1S/C22H24N2OS.C6H12O.C3H8/c1-7-19(20-12-18(25)10-9-16(20)4)17(5)11-21(23-22(8-2)26-6)24-13-15(3)14-24;1-6-4-2-3-5-7-6;1-3-2/h1-2,9-12,15,19,25H,5,13-14H2,3-4,6H3;6H,2-5H2,1H3;3H2,1-2H3/b21-11+,23-22+;;. The van der Waals surface area contributed by atoms with Crippen molar-refractivity contribution in [1.29, 1.82) is 0 Å². The maximum atomic E-state index is 9.82. The van der Waals surface area contributed by atoms with Crippen molar-refractivity contribution in [2.75, 3.05) is 26.0 Å². The van der Waals surface area contributed by atoms with Crippen LogP contribution in [0.3, 0.4) is 0 Å². The summed E-state index contributed by atoms with van der Waals surface area (Å²) < 4.78 is 5.28. The average Bonchev–Trinajstić information content (AvgIpc) is 2.84. The molecule has 2 saturated heterocycles. The molecule has 2 aliphatic heterocycles. The van der Waals surface area contributed by atoms with Gasteiger partial charge in [0.2, 0.25) is 0 Å². The van der Waals surface area contributed by atoms with E-state index in [1.165, 1.54) is 37.4 Å². The number of phenols is 1. The first-order chi connectivity index (χ1) is 17.2. The van der Waals surface area contributed by atoms with Gasteiger partial charge in [0.1, 0.15) is 16.6 Å². The number of rotatable bonds is 5. The van der Waals surface area contributed by atoms with Crippen molar-refractivity contribution in [3.8, 4) is 30.4 Å². The van der Waals surface area contributed by atoms with E-state index in [0.29, 0.717) is 17.1 Å². The van der Waals surface area contributed by atoms with E-state index in [2.05, 4.69) is 56.0 Å². The Morgan fingerprint density at radius 3 is 2.42 bits per heavy atom. The number of likely N-dealkylation sites (tertiary alicyclic amines) is 1. The van der Waals surface area contributed by atoms with E-state index in [9.17, 15) is 5.11 Å². The molecule has 36 heavy (non-hydrogen) atoms. The van der Waals surface area contributed by atoms with Gasteiger partial charge in [-0.3, -0.25) is 0 Å². The summed E-state index contributed by atoms with van der Waals surface area (Å²) in [6.45, 7) is 17.6. The van der Waals surface area contributed by atoms with Crippen molar-refractivity contribution >= 4 is 16.8 Å². The normalized spacial score (nSPS) is 18.8. The zero-order chi connectivity index (χ0) is 27.1. The van der Waals surface area contributed by atoms with E-state index in [1.54, 1.807) is 12.1 Å².